The lowest BCUT2D eigenvalue weighted by Gasteiger charge is -2.08. The minimum absolute atomic E-state index is 0.0182. The highest BCUT2D eigenvalue weighted by Gasteiger charge is 2.16. The molecule has 1 heterocycles. The Kier molecular flexibility index (Phi) is 3.59. The van der Waals surface area contributed by atoms with E-state index in [4.69, 9.17) is 0 Å². The fourth-order valence-corrected chi connectivity index (χ4v) is 2.60. The first-order chi connectivity index (χ1) is 8.88. The van der Waals surface area contributed by atoms with E-state index < -0.39 is 16.1 Å². The summed E-state index contributed by atoms with van der Waals surface area (Å²) in [6.45, 7) is 3.32. The molecule has 1 atom stereocenters. The first kappa shape index (κ1) is 13.6. The number of aromatic amines is 1. The van der Waals surface area contributed by atoms with Crippen molar-refractivity contribution in [1.29, 1.82) is 0 Å². The zero-order chi connectivity index (χ0) is 14.0. The molecule has 7 heteroatoms. The summed E-state index contributed by atoms with van der Waals surface area (Å²) in [7, 11) is -3.66. The predicted molar refractivity (Wildman–Crippen MR) is 71.2 cm³/mol. The number of hydrogen-bond donors (Lipinski definition) is 3. The van der Waals surface area contributed by atoms with E-state index in [9.17, 15) is 13.5 Å². The van der Waals surface area contributed by atoms with Gasteiger partial charge in [0.25, 0.3) is 10.0 Å². The van der Waals surface area contributed by atoms with Crippen LogP contribution < -0.4 is 4.72 Å². The highest BCUT2D eigenvalue weighted by Crippen LogP contribution is 2.18. The number of aliphatic hydroxyl groups is 1. The summed E-state index contributed by atoms with van der Waals surface area (Å²) in [6, 6.07) is 6.53. The highest BCUT2D eigenvalue weighted by atomic mass is 32.2. The Morgan fingerprint density at radius 2 is 1.95 bits per heavy atom. The molecular weight excluding hydrogens is 266 g/mol. The Hall–Kier alpha value is -1.86. The van der Waals surface area contributed by atoms with Crippen molar-refractivity contribution in [2.24, 2.45) is 0 Å². The summed E-state index contributed by atoms with van der Waals surface area (Å²) in [6.07, 6.45) is 0.683. The fraction of sp³-hybridized carbons (Fsp3) is 0.250. The van der Waals surface area contributed by atoms with E-state index in [1.807, 2.05) is 0 Å². The molecule has 0 fully saturated rings. The van der Waals surface area contributed by atoms with Crippen molar-refractivity contribution in [3.8, 4) is 0 Å². The van der Waals surface area contributed by atoms with Crippen LogP contribution in [-0.4, -0.2) is 23.5 Å². The number of sulfonamides is 1. The van der Waals surface area contributed by atoms with Gasteiger partial charge in [-0.2, -0.15) is 8.42 Å². The van der Waals surface area contributed by atoms with E-state index in [-0.39, 0.29) is 5.03 Å². The molecule has 0 aliphatic rings. The maximum Gasteiger partial charge on any atom is 0.278 e. The Bertz CT molecular complexity index is 660. The van der Waals surface area contributed by atoms with Crippen LogP contribution in [-0.2, 0) is 10.0 Å². The molecule has 102 valence electrons. The maximum absolute atomic E-state index is 12.0. The lowest BCUT2D eigenvalue weighted by Crippen LogP contribution is -2.13. The number of hydrogen-bond acceptors (Lipinski definition) is 4. The predicted octanol–water partition coefficient (Wildman–Crippen LogP) is 1.57. The van der Waals surface area contributed by atoms with Crippen molar-refractivity contribution in [2.75, 3.05) is 4.72 Å². The van der Waals surface area contributed by atoms with Gasteiger partial charge in [-0.25, -0.2) is 4.98 Å². The van der Waals surface area contributed by atoms with Gasteiger partial charge in [-0.1, -0.05) is 12.1 Å². The second kappa shape index (κ2) is 5.02. The van der Waals surface area contributed by atoms with Gasteiger partial charge in [0, 0.05) is 5.69 Å². The molecule has 0 saturated heterocycles. The summed E-state index contributed by atoms with van der Waals surface area (Å²) in [5.41, 5.74) is 1.15. The molecular formula is C12H15N3O3S. The third kappa shape index (κ3) is 3.12. The van der Waals surface area contributed by atoms with Crippen LogP contribution in [0.5, 0.6) is 0 Å². The zero-order valence-electron chi connectivity index (χ0n) is 10.6. The van der Waals surface area contributed by atoms with Crippen molar-refractivity contribution in [3.05, 3.63) is 41.9 Å². The Labute approximate surface area is 111 Å². The Morgan fingerprint density at radius 1 is 1.32 bits per heavy atom. The average Bonchev–Trinajstić information content (AvgIpc) is 2.77. The first-order valence-corrected chi connectivity index (χ1v) is 7.19. The smallest absolute Gasteiger partial charge is 0.278 e. The van der Waals surface area contributed by atoms with E-state index in [0.29, 0.717) is 11.5 Å². The second-order valence-electron chi connectivity index (χ2n) is 4.24. The normalized spacial score (nSPS) is 13.2. The van der Waals surface area contributed by atoms with Gasteiger partial charge in [0.15, 0.2) is 5.03 Å². The molecule has 2 aromatic rings. The van der Waals surface area contributed by atoms with Gasteiger partial charge in [0.1, 0.15) is 5.82 Å². The third-order valence-corrected chi connectivity index (χ3v) is 3.91. The molecule has 0 bridgehead atoms. The van der Waals surface area contributed by atoms with Crippen molar-refractivity contribution >= 4 is 15.7 Å². The Balaban J connectivity index is 2.21. The van der Waals surface area contributed by atoms with Crippen molar-refractivity contribution in [3.63, 3.8) is 0 Å². The van der Waals surface area contributed by atoms with Crippen LogP contribution in [0.3, 0.4) is 0 Å². The number of nitrogens with zero attached hydrogens (tertiary/aromatic N) is 1. The zero-order valence-corrected chi connectivity index (χ0v) is 11.4. The molecule has 1 unspecified atom stereocenters. The number of imidazole rings is 1. The topological polar surface area (TPSA) is 95.1 Å². The number of nitrogens with one attached hydrogen (secondary N) is 2. The van der Waals surface area contributed by atoms with Crippen LogP contribution in [0.4, 0.5) is 5.69 Å². The minimum Gasteiger partial charge on any atom is -0.389 e. The van der Waals surface area contributed by atoms with Gasteiger partial charge in [0.05, 0.1) is 12.3 Å². The van der Waals surface area contributed by atoms with Gasteiger partial charge >= 0.3 is 0 Å². The van der Waals surface area contributed by atoms with Crippen molar-refractivity contribution < 1.29 is 13.5 Å². The molecule has 0 spiro atoms. The number of anilines is 1. The quantitative estimate of drug-likeness (QED) is 0.792. The van der Waals surface area contributed by atoms with E-state index in [1.54, 1.807) is 38.1 Å². The molecule has 2 rings (SSSR count). The monoisotopic (exact) mass is 281 g/mol. The minimum atomic E-state index is -3.66. The number of aryl methyl sites for hydroxylation is 1. The summed E-state index contributed by atoms with van der Waals surface area (Å²) < 4.78 is 26.4. The van der Waals surface area contributed by atoms with Gasteiger partial charge < -0.3 is 10.1 Å². The molecule has 3 N–H and O–H groups in total. The van der Waals surface area contributed by atoms with E-state index >= 15 is 0 Å². The molecule has 6 nitrogen and oxygen atoms in total. The van der Waals surface area contributed by atoms with Crippen LogP contribution in [0.25, 0.3) is 0 Å². The van der Waals surface area contributed by atoms with Crippen molar-refractivity contribution in [1.82, 2.24) is 9.97 Å². The molecule has 0 saturated carbocycles. The summed E-state index contributed by atoms with van der Waals surface area (Å²) in [5, 5.41) is 9.39. The maximum atomic E-state index is 12.0. The second-order valence-corrected chi connectivity index (χ2v) is 5.89. The third-order valence-electron chi connectivity index (χ3n) is 2.61. The molecule has 0 aliphatic heterocycles. The molecule has 0 amide bonds. The lowest BCUT2D eigenvalue weighted by molar-refractivity contribution is 0.199. The van der Waals surface area contributed by atoms with Crippen LogP contribution in [0.1, 0.15) is 24.4 Å². The number of benzene rings is 1. The molecule has 1 aromatic heterocycles. The van der Waals surface area contributed by atoms with Gasteiger partial charge in [-0.15, -0.1) is 0 Å². The molecule has 0 radical (unpaired) electrons. The highest BCUT2D eigenvalue weighted by molar-refractivity contribution is 7.92. The number of H-pyrrole nitrogens is 1. The van der Waals surface area contributed by atoms with E-state index in [2.05, 4.69) is 14.7 Å². The summed E-state index contributed by atoms with van der Waals surface area (Å²) in [4.78, 5) is 6.52. The average molecular weight is 281 g/mol. The standard InChI is InChI=1S/C12H15N3O3S/c1-8(16)10-3-5-11(6-4-10)15-19(17,18)12-7-13-9(2)14-12/h3-8,15-16H,1-2H3,(H,13,14). The number of rotatable bonds is 4. The van der Waals surface area contributed by atoms with Gasteiger partial charge in [0.2, 0.25) is 0 Å². The molecule has 1 aromatic carbocycles. The number of aliphatic hydroxyl groups excluding tert-OH is 1. The number of aromatic nitrogens is 2. The lowest BCUT2D eigenvalue weighted by atomic mass is 10.1. The van der Waals surface area contributed by atoms with Gasteiger partial charge in [-0.05, 0) is 31.5 Å². The molecule has 19 heavy (non-hydrogen) atoms. The summed E-state index contributed by atoms with van der Waals surface area (Å²) in [5.74, 6) is 0.532. The summed E-state index contributed by atoms with van der Waals surface area (Å²) >= 11 is 0. The Morgan fingerprint density at radius 3 is 2.42 bits per heavy atom. The molecule has 0 aliphatic carbocycles. The fourth-order valence-electron chi connectivity index (χ4n) is 1.57. The van der Waals surface area contributed by atoms with Crippen LogP contribution in [0, 0.1) is 6.92 Å². The van der Waals surface area contributed by atoms with Crippen LogP contribution in [0.2, 0.25) is 0 Å². The van der Waals surface area contributed by atoms with Crippen molar-refractivity contribution in [2.45, 2.75) is 25.0 Å². The SMILES string of the molecule is Cc1ncc(S(=O)(=O)Nc2ccc(C(C)O)cc2)[nH]1. The first-order valence-electron chi connectivity index (χ1n) is 5.71. The van der Waals surface area contributed by atoms with E-state index in [0.717, 1.165) is 5.56 Å². The van der Waals surface area contributed by atoms with Crippen LogP contribution >= 0.6 is 0 Å². The largest absolute Gasteiger partial charge is 0.389 e. The van der Waals surface area contributed by atoms with Gasteiger partial charge in [-0.3, -0.25) is 4.72 Å². The van der Waals surface area contributed by atoms with E-state index in [1.165, 1.54) is 6.20 Å². The van der Waals surface area contributed by atoms with Crippen LogP contribution in [0.15, 0.2) is 35.5 Å².